The second kappa shape index (κ2) is 2.75. The predicted molar refractivity (Wildman–Crippen MR) is 48.7 cm³/mol. The van der Waals surface area contributed by atoms with Gasteiger partial charge in [-0.3, -0.25) is 5.01 Å². The highest BCUT2D eigenvalue weighted by Gasteiger charge is 2.04. The van der Waals surface area contributed by atoms with Crippen LogP contribution in [0.15, 0.2) is 36.7 Å². The fourth-order valence-electron chi connectivity index (χ4n) is 1.08. The summed E-state index contributed by atoms with van der Waals surface area (Å²) in [6.07, 6.45) is 3.69. The molecule has 62 valence electrons. The van der Waals surface area contributed by atoms with Crippen LogP contribution < -0.4 is 21.7 Å². The predicted octanol–water partition coefficient (Wildman–Crippen LogP) is 0.569. The fourth-order valence-corrected chi connectivity index (χ4v) is 1.08. The van der Waals surface area contributed by atoms with Gasteiger partial charge in [-0.25, -0.2) is 0 Å². The van der Waals surface area contributed by atoms with Gasteiger partial charge in [-0.05, 0) is 18.2 Å². The van der Waals surface area contributed by atoms with Gasteiger partial charge in [0, 0.05) is 18.1 Å². The van der Waals surface area contributed by atoms with Crippen LogP contribution in [-0.4, -0.2) is 0 Å². The standard InChI is InChI=1S/C8H10N4/c9-7-2-1-3-8(6-7)12-5-4-10-11-12/h1-6,10-11H,9H2. The largest absolute Gasteiger partial charge is 0.399 e. The zero-order chi connectivity index (χ0) is 8.39. The van der Waals surface area contributed by atoms with E-state index in [0.717, 1.165) is 11.4 Å². The normalized spacial score (nSPS) is 14.8. The minimum Gasteiger partial charge on any atom is -0.399 e. The summed E-state index contributed by atoms with van der Waals surface area (Å²) in [5, 5.41) is 1.84. The Morgan fingerprint density at radius 3 is 2.92 bits per heavy atom. The molecule has 0 bridgehead atoms. The van der Waals surface area contributed by atoms with E-state index in [9.17, 15) is 0 Å². The van der Waals surface area contributed by atoms with Gasteiger partial charge in [-0.1, -0.05) is 6.07 Å². The first-order valence-electron chi connectivity index (χ1n) is 3.69. The van der Waals surface area contributed by atoms with E-state index in [2.05, 4.69) is 11.0 Å². The molecule has 0 radical (unpaired) electrons. The smallest absolute Gasteiger partial charge is 0.0609 e. The zero-order valence-electron chi connectivity index (χ0n) is 6.49. The maximum atomic E-state index is 5.63. The first-order chi connectivity index (χ1) is 5.86. The van der Waals surface area contributed by atoms with Crippen LogP contribution in [0.4, 0.5) is 11.4 Å². The Bertz CT molecular complexity index is 308. The molecule has 0 saturated heterocycles. The van der Waals surface area contributed by atoms with Crippen LogP contribution in [0.5, 0.6) is 0 Å². The van der Waals surface area contributed by atoms with Crippen molar-refractivity contribution in [2.24, 2.45) is 0 Å². The molecule has 0 saturated carbocycles. The number of rotatable bonds is 1. The number of nitrogen functional groups attached to an aromatic ring is 1. The summed E-state index contributed by atoms with van der Waals surface area (Å²) < 4.78 is 0. The van der Waals surface area contributed by atoms with E-state index in [1.807, 2.05) is 41.7 Å². The lowest BCUT2D eigenvalue weighted by atomic mass is 10.3. The molecule has 1 aromatic rings. The summed E-state index contributed by atoms with van der Waals surface area (Å²) in [5.41, 5.74) is 13.2. The Hall–Kier alpha value is -1.68. The number of hydrogen-bond donors (Lipinski definition) is 3. The highest BCUT2D eigenvalue weighted by molar-refractivity contribution is 5.57. The molecule has 0 atom stereocenters. The molecule has 1 heterocycles. The molecule has 0 aromatic heterocycles. The molecule has 0 spiro atoms. The van der Waals surface area contributed by atoms with E-state index in [4.69, 9.17) is 5.73 Å². The van der Waals surface area contributed by atoms with Gasteiger partial charge in [-0.2, -0.15) is 0 Å². The lowest BCUT2D eigenvalue weighted by molar-refractivity contribution is 0.680. The number of nitrogens with two attached hydrogens (primary N) is 1. The van der Waals surface area contributed by atoms with Crippen LogP contribution in [0, 0.1) is 0 Å². The third kappa shape index (κ3) is 1.19. The van der Waals surface area contributed by atoms with Gasteiger partial charge < -0.3 is 11.2 Å². The van der Waals surface area contributed by atoms with Gasteiger partial charge in [0.25, 0.3) is 0 Å². The van der Waals surface area contributed by atoms with Gasteiger partial charge >= 0.3 is 0 Å². The second-order valence-corrected chi connectivity index (χ2v) is 2.54. The molecule has 0 unspecified atom stereocenters. The Morgan fingerprint density at radius 1 is 1.33 bits per heavy atom. The van der Waals surface area contributed by atoms with Crippen LogP contribution in [0.1, 0.15) is 0 Å². The molecule has 1 aromatic carbocycles. The van der Waals surface area contributed by atoms with E-state index in [-0.39, 0.29) is 0 Å². The number of nitrogens with zero attached hydrogens (tertiary/aromatic N) is 1. The number of benzene rings is 1. The molecule has 4 nitrogen and oxygen atoms in total. The van der Waals surface area contributed by atoms with Crippen LogP contribution in [-0.2, 0) is 0 Å². The molecule has 12 heavy (non-hydrogen) atoms. The van der Waals surface area contributed by atoms with Gasteiger partial charge in [-0.15, -0.1) is 5.53 Å². The van der Waals surface area contributed by atoms with Crippen LogP contribution in [0.2, 0.25) is 0 Å². The SMILES string of the molecule is Nc1cccc(N2C=CNN2)c1. The topological polar surface area (TPSA) is 53.3 Å². The highest BCUT2D eigenvalue weighted by Crippen LogP contribution is 2.16. The summed E-state index contributed by atoms with van der Waals surface area (Å²) in [4.78, 5) is 0. The van der Waals surface area contributed by atoms with Crippen molar-refractivity contribution in [3.63, 3.8) is 0 Å². The quantitative estimate of drug-likeness (QED) is 0.528. The van der Waals surface area contributed by atoms with Crippen molar-refractivity contribution >= 4 is 11.4 Å². The van der Waals surface area contributed by atoms with E-state index in [1.165, 1.54) is 0 Å². The summed E-state index contributed by atoms with van der Waals surface area (Å²) in [5.74, 6) is 0. The number of hydrazine groups is 2. The molecular weight excluding hydrogens is 152 g/mol. The molecule has 1 aliphatic heterocycles. The van der Waals surface area contributed by atoms with Crippen molar-refractivity contribution in [1.82, 2.24) is 11.0 Å². The van der Waals surface area contributed by atoms with Crippen LogP contribution in [0.3, 0.4) is 0 Å². The summed E-state index contributed by atoms with van der Waals surface area (Å²) in [6, 6.07) is 7.64. The van der Waals surface area contributed by atoms with Crippen molar-refractivity contribution in [2.75, 3.05) is 10.7 Å². The average molecular weight is 162 g/mol. The van der Waals surface area contributed by atoms with E-state index >= 15 is 0 Å². The second-order valence-electron chi connectivity index (χ2n) is 2.54. The monoisotopic (exact) mass is 162 g/mol. The van der Waals surface area contributed by atoms with E-state index in [1.54, 1.807) is 0 Å². The van der Waals surface area contributed by atoms with Crippen molar-refractivity contribution in [2.45, 2.75) is 0 Å². The lowest BCUT2D eigenvalue weighted by Gasteiger charge is -2.15. The molecule has 0 amide bonds. The Balaban J connectivity index is 2.27. The molecular formula is C8H10N4. The van der Waals surface area contributed by atoms with Crippen molar-refractivity contribution in [3.8, 4) is 0 Å². The molecule has 4 heteroatoms. The fraction of sp³-hybridized carbons (Fsp3) is 0. The minimum absolute atomic E-state index is 0.759. The van der Waals surface area contributed by atoms with Crippen LogP contribution >= 0.6 is 0 Å². The number of nitrogens with one attached hydrogen (secondary N) is 2. The van der Waals surface area contributed by atoms with Crippen LogP contribution in [0.25, 0.3) is 0 Å². The van der Waals surface area contributed by atoms with Gasteiger partial charge in [0.15, 0.2) is 0 Å². The molecule has 4 N–H and O–H groups in total. The third-order valence-electron chi connectivity index (χ3n) is 1.64. The van der Waals surface area contributed by atoms with Crippen molar-refractivity contribution in [3.05, 3.63) is 36.7 Å². The maximum Gasteiger partial charge on any atom is 0.0609 e. The molecule has 1 aliphatic rings. The highest BCUT2D eigenvalue weighted by atomic mass is 15.7. The number of anilines is 2. The third-order valence-corrected chi connectivity index (χ3v) is 1.64. The summed E-state index contributed by atoms with van der Waals surface area (Å²) >= 11 is 0. The van der Waals surface area contributed by atoms with Crippen molar-refractivity contribution < 1.29 is 0 Å². The maximum absolute atomic E-state index is 5.63. The zero-order valence-corrected chi connectivity index (χ0v) is 6.49. The van der Waals surface area contributed by atoms with Gasteiger partial charge in [0.05, 0.1) is 5.69 Å². The van der Waals surface area contributed by atoms with Gasteiger partial charge in [0.2, 0.25) is 0 Å². The molecule has 2 rings (SSSR count). The molecule has 0 aliphatic carbocycles. The van der Waals surface area contributed by atoms with E-state index < -0.39 is 0 Å². The number of hydrogen-bond acceptors (Lipinski definition) is 4. The minimum atomic E-state index is 0.759. The summed E-state index contributed by atoms with van der Waals surface area (Å²) in [6.45, 7) is 0. The first kappa shape index (κ1) is 7.00. The Kier molecular flexibility index (Phi) is 1.60. The van der Waals surface area contributed by atoms with Gasteiger partial charge in [0.1, 0.15) is 0 Å². The Morgan fingerprint density at radius 2 is 2.25 bits per heavy atom. The average Bonchev–Trinajstić information content (AvgIpc) is 2.56. The summed E-state index contributed by atoms with van der Waals surface area (Å²) in [7, 11) is 0. The Labute approximate surface area is 70.6 Å². The lowest BCUT2D eigenvalue weighted by Crippen LogP contribution is -2.35. The first-order valence-corrected chi connectivity index (χ1v) is 3.69. The van der Waals surface area contributed by atoms with E-state index in [0.29, 0.717) is 0 Å². The molecule has 0 fully saturated rings. The van der Waals surface area contributed by atoms with Crippen molar-refractivity contribution in [1.29, 1.82) is 0 Å².